The normalized spacial score (nSPS) is 9.87. The number of hydrogen-bond donors (Lipinski definition) is 1. The van der Waals surface area contributed by atoms with Gasteiger partial charge in [-0.3, -0.25) is 0 Å². The van der Waals surface area contributed by atoms with Crippen molar-refractivity contribution in [3.8, 4) is 17.5 Å². The van der Waals surface area contributed by atoms with E-state index in [1.54, 1.807) is 25.3 Å². The smallest absolute Gasteiger partial charge is 0.221 e. The first-order valence-corrected chi connectivity index (χ1v) is 4.30. The average molecular weight is 200 g/mol. The maximum absolute atomic E-state index is 8.84. The molecule has 5 nitrogen and oxygen atoms in total. The van der Waals surface area contributed by atoms with Gasteiger partial charge in [-0.1, -0.05) is 0 Å². The zero-order valence-corrected chi connectivity index (χ0v) is 8.06. The van der Waals surface area contributed by atoms with E-state index >= 15 is 0 Å². The zero-order chi connectivity index (χ0) is 10.8. The van der Waals surface area contributed by atoms with Gasteiger partial charge in [-0.25, -0.2) is 9.97 Å². The number of aromatic nitrogens is 2. The molecule has 0 unspecified atom stereocenters. The van der Waals surface area contributed by atoms with E-state index in [0.29, 0.717) is 17.0 Å². The van der Waals surface area contributed by atoms with E-state index in [0.717, 1.165) is 0 Å². The largest absolute Gasteiger partial charge is 0.463 e. The third-order valence-electron chi connectivity index (χ3n) is 2.02. The molecule has 5 heteroatoms. The van der Waals surface area contributed by atoms with Crippen LogP contribution >= 0.6 is 0 Å². The summed E-state index contributed by atoms with van der Waals surface area (Å²) in [4.78, 5) is 7.87. The van der Waals surface area contributed by atoms with Crippen molar-refractivity contribution < 1.29 is 4.42 Å². The molecule has 0 atom stereocenters. The number of nitrogens with zero attached hydrogens (tertiary/aromatic N) is 3. The summed E-state index contributed by atoms with van der Waals surface area (Å²) < 4.78 is 5.20. The zero-order valence-electron chi connectivity index (χ0n) is 8.06. The minimum atomic E-state index is 0.0727. The van der Waals surface area contributed by atoms with Crippen molar-refractivity contribution >= 4 is 5.95 Å². The molecule has 2 N–H and O–H groups in total. The molecule has 0 aliphatic carbocycles. The predicted molar refractivity (Wildman–Crippen MR) is 53.6 cm³/mol. The Hall–Kier alpha value is -2.35. The predicted octanol–water partition coefficient (Wildman–Crippen LogP) is 1.50. The summed E-state index contributed by atoms with van der Waals surface area (Å²) in [6.45, 7) is 1.76. The van der Waals surface area contributed by atoms with Gasteiger partial charge in [0.05, 0.1) is 6.26 Å². The highest BCUT2D eigenvalue weighted by Gasteiger charge is 2.12. The summed E-state index contributed by atoms with van der Waals surface area (Å²) in [7, 11) is 0. The number of rotatable bonds is 1. The van der Waals surface area contributed by atoms with Gasteiger partial charge >= 0.3 is 0 Å². The summed E-state index contributed by atoms with van der Waals surface area (Å²) in [5, 5.41) is 8.84. The Labute approximate surface area is 86.2 Å². The van der Waals surface area contributed by atoms with Gasteiger partial charge in [0.2, 0.25) is 5.95 Å². The first-order chi connectivity index (χ1) is 7.22. The van der Waals surface area contributed by atoms with E-state index in [1.165, 1.54) is 0 Å². The lowest BCUT2D eigenvalue weighted by Crippen LogP contribution is -2.02. The van der Waals surface area contributed by atoms with E-state index in [1.807, 2.05) is 6.07 Å². The second-order valence-corrected chi connectivity index (χ2v) is 2.99. The lowest BCUT2D eigenvalue weighted by Gasteiger charge is -2.03. The van der Waals surface area contributed by atoms with Crippen molar-refractivity contribution in [1.82, 2.24) is 9.97 Å². The molecule has 0 fully saturated rings. The molecule has 2 heterocycles. The molecule has 0 radical (unpaired) electrons. The van der Waals surface area contributed by atoms with Crippen LogP contribution in [0.1, 0.15) is 11.3 Å². The maximum atomic E-state index is 8.84. The molecular formula is C10H8N4O. The van der Waals surface area contributed by atoms with Gasteiger partial charge in [0.25, 0.3) is 0 Å². The molecule has 0 aromatic carbocycles. The molecule has 0 saturated carbocycles. The third-order valence-corrected chi connectivity index (χ3v) is 2.02. The van der Waals surface area contributed by atoms with Crippen LogP contribution in [0, 0.1) is 18.3 Å². The molecule has 2 rings (SSSR count). The molecule has 2 aromatic heterocycles. The summed E-state index contributed by atoms with van der Waals surface area (Å²) in [6, 6.07) is 5.47. The van der Waals surface area contributed by atoms with Crippen LogP contribution < -0.4 is 5.73 Å². The van der Waals surface area contributed by atoms with Crippen LogP contribution in [0.5, 0.6) is 0 Å². The van der Waals surface area contributed by atoms with Gasteiger partial charge in [-0.05, 0) is 19.1 Å². The Bertz CT molecular complexity index is 525. The van der Waals surface area contributed by atoms with Crippen molar-refractivity contribution in [1.29, 1.82) is 5.26 Å². The van der Waals surface area contributed by atoms with Gasteiger partial charge in [0, 0.05) is 5.56 Å². The fourth-order valence-corrected chi connectivity index (χ4v) is 1.30. The first-order valence-electron chi connectivity index (χ1n) is 4.30. The Morgan fingerprint density at radius 1 is 1.47 bits per heavy atom. The SMILES string of the molecule is Cc1c(C#N)nc(N)nc1-c1ccco1. The minimum Gasteiger partial charge on any atom is -0.463 e. The number of furan rings is 1. The highest BCUT2D eigenvalue weighted by Crippen LogP contribution is 2.23. The van der Waals surface area contributed by atoms with Crippen molar-refractivity contribution in [3.63, 3.8) is 0 Å². The lowest BCUT2D eigenvalue weighted by atomic mass is 10.1. The molecule has 15 heavy (non-hydrogen) atoms. The second kappa shape index (κ2) is 3.42. The topological polar surface area (TPSA) is 88.7 Å². The standard InChI is InChI=1S/C10H8N4O/c1-6-7(5-11)13-10(12)14-9(6)8-3-2-4-15-8/h2-4H,1H3,(H2,12,13,14). The van der Waals surface area contributed by atoms with E-state index in [4.69, 9.17) is 15.4 Å². The first kappa shape index (κ1) is 9.21. The fraction of sp³-hybridized carbons (Fsp3) is 0.100. The van der Waals surface area contributed by atoms with Crippen LogP contribution in [0.25, 0.3) is 11.5 Å². The summed E-state index contributed by atoms with van der Waals surface area (Å²) in [5.41, 5.74) is 6.99. The number of nitrogens with two attached hydrogens (primary N) is 1. The monoisotopic (exact) mass is 200 g/mol. The summed E-state index contributed by atoms with van der Waals surface area (Å²) >= 11 is 0. The molecule has 2 aromatic rings. The molecule has 0 saturated heterocycles. The second-order valence-electron chi connectivity index (χ2n) is 2.99. The average Bonchev–Trinajstić information content (AvgIpc) is 2.74. The van der Waals surface area contributed by atoms with Crippen LogP contribution in [-0.2, 0) is 0 Å². The summed E-state index contributed by atoms with van der Waals surface area (Å²) in [5.74, 6) is 0.654. The highest BCUT2D eigenvalue weighted by atomic mass is 16.3. The molecule has 0 aliphatic heterocycles. The van der Waals surface area contributed by atoms with Crippen LogP contribution in [0.15, 0.2) is 22.8 Å². The van der Waals surface area contributed by atoms with Crippen LogP contribution in [0.2, 0.25) is 0 Å². The van der Waals surface area contributed by atoms with Crippen molar-refractivity contribution in [2.75, 3.05) is 5.73 Å². The third kappa shape index (κ3) is 1.53. The van der Waals surface area contributed by atoms with Gasteiger partial charge in [-0.15, -0.1) is 0 Å². The lowest BCUT2D eigenvalue weighted by molar-refractivity contribution is 0.579. The number of hydrogen-bond acceptors (Lipinski definition) is 5. The van der Waals surface area contributed by atoms with Crippen LogP contribution in [-0.4, -0.2) is 9.97 Å². The molecule has 74 valence electrons. The van der Waals surface area contributed by atoms with Crippen molar-refractivity contribution in [2.24, 2.45) is 0 Å². The van der Waals surface area contributed by atoms with E-state index in [2.05, 4.69) is 9.97 Å². The molecular weight excluding hydrogens is 192 g/mol. The van der Waals surface area contributed by atoms with Gasteiger partial charge in [0.1, 0.15) is 17.5 Å². The van der Waals surface area contributed by atoms with Crippen LogP contribution in [0.4, 0.5) is 5.95 Å². The van der Waals surface area contributed by atoms with Gasteiger partial charge < -0.3 is 10.2 Å². The Morgan fingerprint density at radius 3 is 2.87 bits per heavy atom. The van der Waals surface area contributed by atoms with E-state index < -0.39 is 0 Å². The Balaban J connectivity index is 2.68. The minimum absolute atomic E-state index is 0.0727. The summed E-state index contributed by atoms with van der Waals surface area (Å²) in [6.07, 6.45) is 1.54. The molecule has 0 bridgehead atoms. The number of nitrogen functional groups attached to an aromatic ring is 1. The van der Waals surface area contributed by atoms with E-state index in [9.17, 15) is 0 Å². The van der Waals surface area contributed by atoms with Crippen LogP contribution in [0.3, 0.4) is 0 Å². The van der Waals surface area contributed by atoms with Crippen molar-refractivity contribution in [2.45, 2.75) is 6.92 Å². The fourth-order valence-electron chi connectivity index (χ4n) is 1.30. The highest BCUT2D eigenvalue weighted by molar-refractivity contribution is 5.61. The molecule has 0 spiro atoms. The van der Waals surface area contributed by atoms with E-state index in [-0.39, 0.29) is 11.6 Å². The number of nitriles is 1. The van der Waals surface area contributed by atoms with Gasteiger partial charge in [-0.2, -0.15) is 5.26 Å². The Morgan fingerprint density at radius 2 is 2.27 bits per heavy atom. The quantitative estimate of drug-likeness (QED) is 0.753. The maximum Gasteiger partial charge on any atom is 0.221 e. The molecule has 0 amide bonds. The Kier molecular flexibility index (Phi) is 2.10. The molecule has 0 aliphatic rings. The van der Waals surface area contributed by atoms with Gasteiger partial charge in [0.15, 0.2) is 5.76 Å². The number of anilines is 1. The van der Waals surface area contributed by atoms with Crippen molar-refractivity contribution in [3.05, 3.63) is 29.7 Å².